The Morgan fingerprint density at radius 2 is 1.93 bits per heavy atom. The van der Waals surface area contributed by atoms with Gasteiger partial charge in [-0.3, -0.25) is 0 Å². The molecule has 1 aromatic rings. The summed E-state index contributed by atoms with van der Waals surface area (Å²) in [5.74, 6) is -0.973. The van der Waals surface area contributed by atoms with Crippen molar-refractivity contribution in [3.8, 4) is 0 Å². The summed E-state index contributed by atoms with van der Waals surface area (Å²) >= 11 is 2.73. The van der Waals surface area contributed by atoms with Crippen molar-refractivity contribution >= 4 is 29.5 Å². The van der Waals surface area contributed by atoms with E-state index >= 15 is 0 Å². The highest BCUT2D eigenvalue weighted by Crippen LogP contribution is 2.23. The van der Waals surface area contributed by atoms with Gasteiger partial charge in [0.2, 0.25) is 0 Å². The van der Waals surface area contributed by atoms with Crippen molar-refractivity contribution in [1.82, 2.24) is 9.97 Å². The van der Waals surface area contributed by atoms with Gasteiger partial charge in [0.05, 0.1) is 5.69 Å². The van der Waals surface area contributed by atoms with E-state index in [1.54, 1.807) is 13.2 Å². The number of aromatic carboxylic acids is 1. The number of hydrogen-bond acceptors (Lipinski definition) is 5. The molecule has 1 N–H and O–H groups in total. The largest absolute Gasteiger partial charge is 0.478 e. The van der Waals surface area contributed by atoms with E-state index in [9.17, 15) is 4.79 Å². The number of nitrogens with zero attached hydrogens (tertiary/aromatic N) is 2. The maximum absolute atomic E-state index is 10.9. The summed E-state index contributed by atoms with van der Waals surface area (Å²) in [4.78, 5) is 19.1. The molecule has 0 bridgehead atoms. The van der Waals surface area contributed by atoms with Crippen LogP contribution in [0.3, 0.4) is 0 Å². The molecule has 1 rings (SSSR count). The Labute approximate surface area is 90.5 Å². The molecule has 0 saturated heterocycles. The van der Waals surface area contributed by atoms with E-state index in [4.69, 9.17) is 5.11 Å². The molecule has 0 amide bonds. The molecule has 0 aliphatic carbocycles. The summed E-state index contributed by atoms with van der Waals surface area (Å²) in [6, 6.07) is 0. The van der Waals surface area contributed by atoms with E-state index in [-0.39, 0.29) is 5.56 Å². The Morgan fingerprint density at radius 3 is 2.36 bits per heavy atom. The van der Waals surface area contributed by atoms with Gasteiger partial charge in [-0.05, 0) is 19.4 Å². The Kier molecular flexibility index (Phi) is 3.77. The Bertz CT molecular complexity index is 369. The molecule has 0 unspecified atom stereocenters. The number of carbonyl (C=O) groups is 1. The maximum Gasteiger partial charge on any atom is 0.340 e. The van der Waals surface area contributed by atoms with Crippen molar-refractivity contribution in [3.05, 3.63) is 11.3 Å². The number of carboxylic acid groups (broad SMARTS) is 1. The van der Waals surface area contributed by atoms with E-state index in [1.165, 1.54) is 23.5 Å². The number of rotatable bonds is 3. The van der Waals surface area contributed by atoms with Gasteiger partial charge in [0.1, 0.15) is 10.6 Å². The van der Waals surface area contributed by atoms with Crippen LogP contribution < -0.4 is 0 Å². The zero-order valence-electron chi connectivity index (χ0n) is 8.07. The Morgan fingerprint density at radius 1 is 1.29 bits per heavy atom. The molecule has 0 aliphatic heterocycles. The van der Waals surface area contributed by atoms with E-state index in [0.29, 0.717) is 15.9 Å². The molecule has 6 heteroatoms. The van der Waals surface area contributed by atoms with Gasteiger partial charge in [-0.15, -0.1) is 11.8 Å². The highest BCUT2D eigenvalue weighted by molar-refractivity contribution is 7.99. The highest BCUT2D eigenvalue weighted by Gasteiger charge is 2.16. The fraction of sp³-hybridized carbons (Fsp3) is 0.375. The zero-order chi connectivity index (χ0) is 10.7. The minimum Gasteiger partial charge on any atom is -0.478 e. The molecule has 0 saturated carbocycles. The van der Waals surface area contributed by atoms with Gasteiger partial charge in [0.15, 0.2) is 5.16 Å². The molecular formula is C8H10N2O2S2. The minimum atomic E-state index is -0.973. The average Bonchev–Trinajstić information content (AvgIpc) is 2.15. The molecule has 4 nitrogen and oxygen atoms in total. The zero-order valence-corrected chi connectivity index (χ0v) is 9.70. The second kappa shape index (κ2) is 4.65. The molecule has 0 aromatic carbocycles. The van der Waals surface area contributed by atoms with E-state index in [1.807, 2.05) is 6.26 Å². The predicted octanol–water partition coefficient (Wildman–Crippen LogP) is 1.93. The summed E-state index contributed by atoms with van der Waals surface area (Å²) in [6.07, 6.45) is 3.66. The fourth-order valence-corrected chi connectivity index (χ4v) is 2.09. The number of thioether (sulfide) groups is 2. The van der Waals surface area contributed by atoms with E-state index in [0.717, 1.165) is 0 Å². The average molecular weight is 230 g/mol. The third kappa shape index (κ3) is 2.19. The molecule has 76 valence electrons. The van der Waals surface area contributed by atoms with E-state index < -0.39 is 5.97 Å². The number of aryl methyl sites for hydroxylation is 1. The van der Waals surface area contributed by atoms with Crippen LogP contribution in [0.4, 0.5) is 0 Å². The summed E-state index contributed by atoms with van der Waals surface area (Å²) in [6.45, 7) is 1.69. The second-order valence-electron chi connectivity index (χ2n) is 2.49. The maximum atomic E-state index is 10.9. The standard InChI is InChI=1S/C8H10N2O2S2/c1-4-5(7(11)12)6(13-2)10-8(9-4)14-3/h1-3H3,(H,11,12). The number of hydrogen-bond donors (Lipinski definition) is 1. The molecule has 1 aromatic heterocycles. The van der Waals surface area contributed by atoms with Crippen LogP contribution in [0.15, 0.2) is 10.2 Å². The van der Waals surface area contributed by atoms with Crippen LogP contribution in [0.25, 0.3) is 0 Å². The van der Waals surface area contributed by atoms with Crippen LogP contribution in [-0.4, -0.2) is 33.6 Å². The van der Waals surface area contributed by atoms with Crippen molar-refractivity contribution in [1.29, 1.82) is 0 Å². The van der Waals surface area contributed by atoms with Crippen LogP contribution >= 0.6 is 23.5 Å². The third-order valence-corrected chi connectivity index (χ3v) is 2.86. The van der Waals surface area contributed by atoms with Crippen LogP contribution in [0.1, 0.15) is 16.1 Å². The molecule has 0 spiro atoms. The van der Waals surface area contributed by atoms with Gasteiger partial charge in [-0.1, -0.05) is 11.8 Å². The first-order valence-electron chi connectivity index (χ1n) is 3.80. The van der Waals surface area contributed by atoms with Crippen LogP contribution in [-0.2, 0) is 0 Å². The topological polar surface area (TPSA) is 63.1 Å². The lowest BCUT2D eigenvalue weighted by Gasteiger charge is -2.06. The lowest BCUT2D eigenvalue weighted by atomic mass is 10.2. The quantitative estimate of drug-likeness (QED) is 0.486. The van der Waals surface area contributed by atoms with Crippen LogP contribution in [0.2, 0.25) is 0 Å². The SMILES string of the molecule is CSc1nc(C)c(C(=O)O)c(SC)n1. The van der Waals surface area contributed by atoms with Gasteiger partial charge >= 0.3 is 5.97 Å². The van der Waals surface area contributed by atoms with Crippen molar-refractivity contribution in [2.45, 2.75) is 17.1 Å². The van der Waals surface area contributed by atoms with Gasteiger partial charge in [-0.25, -0.2) is 14.8 Å². The lowest BCUT2D eigenvalue weighted by Crippen LogP contribution is -2.07. The van der Waals surface area contributed by atoms with Crippen LogP contribution in [0.5, 0.6) is 0 Å². The van der Waals surface area contributed by atoms with Crippen molar-refractivity contribution in [2.75, 3.05) is 12.5 Å². The fourth-order valence-electron chi connectivity index (χ4n) is 1.01. The van der Waals surface area contributed by atoms with Gasteiger partial charge in [-0.2, -0.15) is 0 Å². The first kappa shape index (κ1) is 11.3. The molecule has 0 aliphatic rings. The normalized spacial score (nSPS) is 10.2. The highest BCUT2D eigenvalue weighted by atomic mass is 32.2. The van der Waals surface area contributed by atoms with Crippen molar-refractivity contribution in [2.24, 2.45) is 0 Å². The second-order valence-corrected chi connectivity index (χ2v) is 4.05. The number of aromatic nitrogens is 2. The summed E-state index contributed by atoms with van der Waals surface area (Å²) in [5.41, 5.74) is 0.719. The number of carboxylic acids is 1. The molecule has 0 fully saturated rings. The Balaban J connectivity index is 3.34. The first-order valence-corrected chi connectivity index (χ1v) is 6.25. The van der Waals surface area contributed by atoms with Crippen LogP contribution in [0, 0.1) is 6.92 Å². The summed E-state index contributed by atoms with van der Waals surface area (Å²) in [5, 5.41) is 10.1. The molecule has 0 radical (unpaired) electrons. The first-order chi connectivity index (χ1) is 6.60. The lowest BCUT2D eigenvalue weighted by molar-refractivity contribution is 0.0690. The smallest absolute Gasteiger partial charge is 0.340 e. The molecular weight excluding hydrogens is 220 g/mol. The van der Waals surface area contributed by atoms with Gasteiger partial charge < -0.3 is 5.11 Å². The predicted molar refractivity (Wildman–Crippen MR) is 57.3 cm³/mol. The van der Waals surface area contributed by atoms with E-state index in [2.05, 4.69) is 9.97 Å². The van der Waals surface area contributed by atoms with Gasteiger partial charge in [0, 0.05) is 0 Å². The summed E-state index contributed by atoms with van der Waals surface area (Å²) in [7, 11) is 0. The summed E-state index contributed by atoms with van der Waals surface area (Å²) < 4.78 is 0. The van der Waals surface area contributed by atoms with Crippen molar-refractivity contribution < 1.29 is 9.90 Å². The molecule has 14 heavy (non-hydrogen) atoms. The monoisotopic (exact) mass is 230 g/mol. The Hall–Kier alpha value is -0.750. The third-order valence-electron chi connectivity index (χ3n) is 1.63. The van der Waals surface area contributed by atoms with Gasteiger partial charge in [0.25, 0.3) is 0 Å². The minimum absolute atomic E-state index is 0.204. The molecule has 1 heterocycles. The molecule has 0 atom stereocenters. The van der Waals surface area contributed by atoms with Crippen molar-refractivity contribution in [3.63, 3.8) is 0 Å².